The highest BCUT2D eigenvalue weighted by molar-refractivity contribution is 6.32. The molecular weight excluding hydrogens is 340 g/mol. The maximum absolute atomic E-state index is 12.0. The number of carbonyl (C=O) groups is 1. The second kappa shape index (κ2) is 9.08. The molecule has 0 aliphatic carbocycles. The monoisotopic (exact) mass is 360 g/mol. The maximum Gasteiger partial charge on any atom is 0.244 e. The molecule has 0 spiro atoms. The molecule has 0 aliphatic heterocycles. The fourth-order valence-electron chi connectivity index (χ4n) is 2.25. The molecule has 6 heteroatoms. The van der Waals surface area contributed by atoms with Crippen molar-refractivity contribution in [3.05, 3.63) is 58.4 Å². The Kier molecular flexibility index (Phi) is 6.83. The number of nitrogens with zero attached hydrogens (tertiary/aromatic N) is 1. The minimum absolute atomic E-state index is 0.213. The summed E-state index contributed by atoms with van der Waals surface area (Å²) < 4.78 is 10.8. The lowest BCUT2D eigenvalue weighted by atomic mass is 10.2. The molecule has 1 aromatic heterocycles. The van der Waals surface area contributed by atoms with Crippen molar-refractivity contribution >= 4 is 23.6 Å². The molecule has 0 bridgehead atoms. The van der Waals surface area contributed by atoms with E-state index in [4.69, 9.17) is 21.1 Å². The second-order valence-corrected chi connectivity index (χ2v) is 5.69. The average molecular weight is 361 g/mol. The number of carbonyl (C=O) groups excluding carboxylic acids is 1. The van der Waals surface area contributed by atoms with Crippen molar-refractivity contribution in [1.82, 2.24) is 10.3 Å². The fraction of sp³-hybridized carbons (Fsp3) is 0.263. The molecule has 25 heavy (non-hydrogen) atoms. The van der Waals surface area contributed by atoms with Crippen LogP contribution in [0.3, 0.4) is 0 Å². The number of aromatic nitrogens is 1. The van der Waals surface area contributed by atoms with Gasteiger partial charge in [-0.1, -0.05) is 17.7 Å². The number of amides is 1. The molecule has 5 nitrogen and oxygen atoms in total. The summed E-state index contributed by atoms with van der Waals surface area (Å²) >= 11 is 6.20. The maximum atomic E-state index is 12.0. The highest BCUT2D eigenvalue weighted by atomic mass is 35.5. The average Bonchev–Trinajstić information content (AvgIpc) is 2.59. The number of methoxy groups -OCH3 is 1. The van der Waals surface area contributed by atoms with Crippen molar-refractivity contribution in [2.24, 2.45) is 0 Å². The molecule has 2 rings (SSSR count). The molecular formula is C19H21ClN2O3. The van der Waals surface area contributed by atoms with Crippen LogP contribution in [0.2, 0.25) is 5.02 Å². The van der Waals surface area contributed by atoms with Crippen LogP contribution < -0.4 is 14.8 Å². The third-order valence-electron chi connectivity index (χ3n) is 3.51. The number of rotatable bonds is 7. The van der Waals surface area contributed by atoms with E-state index < -0.39 is 0 Å². The van der Waals surface area contributed by atoms with Gasteiger partial charge in [0.2, 0.25) is 5.91 Å². The van der Waals surface area contributed by atoms with E-state index in [0.29, 0.717) is 29.7 Å². The molecule has 0 atom stereocenters. The van der Waals surface area contributed by atoms with Crippen molar-refractivity contribution in [3.8, 4) is 11.5 Å². The molecule has 0 saturated heterocycles. The zero-order valence-corrected chi connectivity index (χ0v) is 15.3. The number of hydrogen-bond acceptors (Lipinski definition) is 4. The number of hydrogen-bond donors (Lipinski definition) is 1. The molecule has 0 radical (unpaired) electrons. The summed E-state index contributed by atoms with van der Waals surface area (Å²) in [6.07, 6.45) is 4.83. The van der Waals surface area contributed by atoms with Gasteiger partial charge in [0.25, 0.3) is 0 Å². The van der Waals surface area contributed by atoms with Crippen molar-refractivity contribution in [2.75, 3.05) is 13.7 Å². The number of ether oxygens (including phenoxy) is 2. The number of pyridine rings is 1. The Morgan fingerprint density at radius 3 is 2.88 bits per heavy atom. The normalized spacial score (nSPS) is 10.7. The zero-order chi connectivity index (χ0) is 18.2. The van der Waals surface area contributed by atoms with E-state index in [0.717, 1.165) is 16.8 Å². The largest absolute Gasteiger partial charge is 0.491 e. The van der Waals surface area contributed by atoms with Crippen molar-refractivity contribution < 1.29 is 14.3 Å². The third-order valence-corrected chi connectivity index (χ3v) is 3.79. The Bertz CT molecular complexity index is 775. The summed E-state index contributed by atoms with van der Waals surface area (Å²) in [7, 11) is 1.53. The van der Waals surface area contributed by atoms with Crippen LogP contribution in [0.1, 0.15) is 23.7 Å². The minimum atomic E-state index is -0.213. The van der Waals surface area contributed by atoms with Gasteiger partial charge in [0.1, 0.15) is 0 Å². The van der Waals surface area contributed by atoms with Gasteiger partial charge in [0, 0.05) is 12.3 Å². The number of halogens is 1. The lowest BCUT2D eigenvalue weighted by Crippen LogP contribution is -2.21. The van der Waals surface area contributed by atoms with Gasteiger partial charge in [-0.2, -0.15) is 0 Å². The van der Waals surface area contributed by atoms with E-state index in [-0.39, 0.29) is 5.91 Å². The Morgan fingerprint density at radius 2 is 2.20 bits per heavy atom. The summed E-state index contributed by atoms with van der Waals surface area (Å²) in [5.74, 6) is 0.812. The van der Waals surface area contributed by atoms with Crippen LogP contribution in [0.4, 0.5) is 0 Å². The summed E-state index contributed by atoms with van der Waals surface area (Å²) in [5, 5.41) is 3.24. The molecule has 2 aromatic rings. The van der Waals surface area contributed by atoms with E-state index >= 15 is 0 Å². The fourth-order valence-corrected chi connectivity index (χ4v) is 2.55. The lowest BCUT2D eigenvalue weighted by Gasteiger charge is -2.11. The summed E-state index contributed by atoms with van der Waals surface area (Å²) in [5.41, 5.74) is 2.63. The molecule has 1 amide bonds. The van der Waals surface area contributed by atoms with E-state index in [1.165, 1.54) is 13.2 Å². The summed E-state index contributed by atoms with van der Waals surface area (Å²) in [4.78, 5) is 16.2. The van der Waals surface area contributed by atoms with Gasteiger partial charge in [-0.05, 0) is 49.2 Å². The second-order valence-electron chi connectivity index (χ2n) is 5.29. The number of benzene rings is 1. The predicted octanol–water partition coefficient (Wildman–Crippen LogP) is 3.78. The molecule has 132 valence electrons. The van der Waals surface area contributed by atoms with Crippen LogP contribution in [-0.4, -0.2) is 24.6 Å². The smallest absolute Gasteiger partial charge is 0.244 e. The number of aryl methyl sites for hydroxylation is 1. The first-order valence-corrected chi connectivity index (χ1v) is 8.29. The SMILES string of the molecule is CCOc1cc(C=CC(=O)NCc2ncccc2C)cc(Cl)c1OC. The quantitative estimate of drug-likeness (QED) is 0.763. The van der Waals surface area contributed by atoms with E-state index in [1.807, 2.05) is 26.0 Å². The highest BCUT2D eigenvalue weighted by Gasteiger charge is 2.10. The molecule has 0 aliphatic rings. The summed E-state index contributed by atoms with van der Waals surface area (Å²) in [6, 6.07) is 7.32. The lowest BCUT2D eigenvalue weighted by molar-refractivity contribution is -0.116. The van der Waals surface area contributed by atoms with Gasteiger partial charge in [0.15, 0.2) is 11.5 Å². The van der Waals surface area contributed by atoms with Crippen LogP contribution in [0.15, 0.2) is 36.5 Å². The standard InChI is InChI=1S/C19H21ClN2O3/c1-4-25-17-11-14(10-15(20)19(17)24-3)7-8-18(23)22-12-16-13(2)6-5-9-21-16/h5-11H,4,12H2,1-3H3,(H,22,23). The van der Waals surface area contributed by atoms with E-state index in [1.54, 1.807) is 24.4 Å². The van der Waals surface area contributed by atoms with Crippen molar-refractivity contribution in [1.29, 1.82) is 0 Å². The topological polar surface area (TPSA) is 60.5 Å². The zero-order valence-electron chi connectivity index (χ0n) is 14.5. The molecule has 1 heterocycles. The van der Waals surface area contributed by atoms with Crippen molar-refractivity contribution in [3.63, 3.8) is 0 Å². The van der Waals surface area contributed by atoms with Crippen LogP contribution in [0, 0.1) is 6.92 Å². The Morgan fingerprint density at radius 1 is 1.40 bits per heavy atom. The Labute approximate surface area is 152 Å². The molecule has 1 aromatic carbocycles. The highest BCUT2D eigenvalue weighted by Crippen LogP contribution is 2.36. The van der Waals surface area contributed by atoms with Crippen LogP contribution in [-0.2, 0) is 11.3 Å². The van der Waals surface area contributed by atoms with Crippen LogP contribution in [0.25, 0.3) is 6.08 Å². The first-order chi connectivity index (χ1) is 12.0. The minimum Gasteiger partial charge on any atom is -0.491 e. The van der Waals surface area contributed by atoms with Gasteiger partial charge in [-0.15, -0.1) is 0 Å². The van der Waals surface area contributed by atoms with Crippen molar-refractivity contribution in [2.45, 2.75) is 20.4 Å². The van der Waals surface area contributed by atoms with Crippen LogP contribution >= 0.6 is 11.6 Å². The van der Waals surface area contributed by atoms with Crippen LogP contribution in [0.5, 0.6) is 11.5 Å². The van der Waals surface area contributed by atoms with E-state index in [2.05, 4.69) is 10.3 Å². The van der Waals surface area contributed by atoms with Gasteiger partial charge >= 0.3 is 0 Å². The van der Waals surface area contributed by atoms with E-state index in [9.17, 15) is 4.79 Å². The summed E-state index contributed by atoms with van der Waals surface area (Å²) in [6.45, 7) is 4.70. The molecule has 1 N–H and O–H groups in total. The molecule has 0 saturated carbocycles. The first-order valence-electron chi connectivity index (χ1n) is 7.92. The van der Waals surface area contributed by atoms with Gasteiger partial charge in [-0.3, -0.25) is 9.78 Å². The Balaban J connectivity index is 2.05. The van der Waals surface area contributed by atoms with Gasteiger partial charge < -0.3 is 14.8 Å². The van der Waals surface area contributed by atoms with Gasteiger partial charge in [-0.25, -0.2) is 0 Å². The number of nitrogens with one attached hydrogen (secondary N) is 1. The molecule has 0 fully saturated rings. The van der Waals surface area contributed by atoms with Gasteiger partial charge in [0.05, 0.1) is 31.0 Å². The first kappa shape index (κ1) is 18.8. The predicted molar refractivity (Wildman–Crippen MR) is 99.0 cm³/mol. The molecule has 0 unspecified atom stereocenters. The third kappa shape index (κ3) is 5.22. The Hall–Kier alpha value is -2.53.